The average Bonchev–Trinajstić information content (AvgIpc) is 2.33. The van der Waals surface area contributed by atoms with E-state index in [0.717, 1.165) is 0 Å². The molecule has 0 aliphatic heterocycles. The monoisotopic (exact) mass is 284 g/mol. The highest BCUT2D eigenvalue weighted by molar-refractivity contribution is 6.25. The third-order valence-electron chi connectivity index (χ3n) is 2.56. The van der Waals surface area contributed by atoms with Gasteiger partial charge in [-0.15, -0.1) is 0 Å². The molecule has 1 amide bonds. The number of carboxylic acids is 1. The Morgan fingerprint density at radius 1 is 1.40 bits per heavy atom. The van der Waals surface area contributed by atoms with Crippen LogP contribution in [-0.2, 0) is 14.4 Å². The Hall–Kier alpha value is -2.05. The van der Waals surface area contributed by atoms with E-state index in [9.17, 15) is 14.4 Å². The standard InChI is InChI=1S/C12H20N4O4/c1-7(2)5-9(13)11(18)16-10(12(19)20)4-3-8(17)6-15-14/h6-7,9-10H,3-5,13H2,1-2H3,(H,16,18)(H,19,20). The van der Waals surface area contributed by atoms with Crippen LogP contribution in [0.3, 0.4) is 0 Å². The van der Waals surface area contributed by atoms with E-state index in [1.807, 2.05) is 13.8 Å². The van der Waals surface area contributed by atoms with Crippen molar-refractivity contribution in [1.29, 1.82) is 0 Å². The molecule has 0 heterocycles. The second kappa shape index (κ2) is 8.95. The van der Waals surface area contributed by atoms with Gasteiger partial charge in [-0.2, -0.15) is 4.79 Å². The van der Waals surface area contributed by atoms with Crippen molar-refractivity contribution >= 4 is 23.9 Å². The van der Waals surface area contributed by atoms with Crippen molar-refractivity contribution < 1.29 is 24.3 Å². The van der Waals surface area contributed by atoms with Gasteiger partial charge >= 0.3 is 12.2 Å². The second-order valence-corrected chi connectivity index (χ2v) is 4.89. The highest BCUT2D eigenvalue weighted by Crippen LogP contribution is 2.04. The third kappa shape index (κ3) is 7.40. The number of rotatable bonds is 9. The number of nitrogens with two attached hydrogens (primary N) is 1. The number of carboxylic acid groups (broad SMARTS) is 1. The van der Waals surface area contributed by atoms with E-state index in [1.165, 1.54) is 0 Å². The van der Waals surface area contributed by atoms with Crippen molar-refractivity contribution in [3.05, 3.63) is 5.53 Å². The Morgan fingerprint density at radius 2 is 2.00 bits per heavy atom. The summed E-state index contributed by atoms with van der Waals surface area (Å²) < 4.78 is 0. The predicted octanol–water partition coefficient (Wildman–Crippen LogP) is -0.421. The Kier molecular flexibility index (Phi) is 8.03. The minimum atomic E-state index is -1.25. The second-order valence-electron chi connectivity index (χ2n) is 4.89. The number of hydrogen-bond acceptors (Lipinski definition) is 4. The fourth-order valence-corrected chi connectivity index (χ4v) is 1.57. The highest BCUT2D eigenvalue weighted by atomic mass is 16.4. The third-order valence-corrected chi connectivity index (χ3v) is 2.56. The molecule has 8 heteroatoms. The van der Waals surface area contributed by atoms with E-state index in [0.29, 0.717) is 12.6 Å². The first-order valence-electron chi connectivity index (χ1n) is 6.27. The van der Waals surface area contributed by atoms with Gasteiger partial charge in [0.05, 0.1) is 6.04 Å². The van der Waals surface area contributed by atoms with Gasteiger partial charge in [-0.05, 0) is 18.8 Å². The van der Waals surface area contributed by atoms with E-state index in [4.69, 9.17) is 16.4 Å². The fraction of sp³-hybridized carbons (Fsp3) is 0.667. The normalized spacial score (nSPS) is 13.2. The Morgan fingerprint density at radius 3 is 2.45 bits per heavy atom. The van der Waals surface area contributed by atoms with Gasteiger partial charge in [0, 0.05) is 6.42 Å². The van der Waals surface area contributed by atoms with E-state index in [-0.39, 0.29) is 18.8 Å². The Labute approximate surface area is 117 Å². The lowest BCUT2D eigenvalue weighted by molar-refractivity contribution is -0.142. The maximum atomic E-state index is 11.7. The summed E-state index contributed by atoms with van der Waals surface area (Å²) in [6.07, 6.45) is 0.876. The molecule has 0 aromatic rings. The molecule has 4 N–H and O–H groups in total. The number of amides is 1. The summed E-state index contributed by atoms with van der Waals surface area (Å²) in [4.78, 5) is 36.4. The molecule has 112 valence electrons. The summed E-state index contributed by atoms with van der Waals surface area (Å²) >= 11 is 0. The molecule has 2 unspecified atom stereocenters. The maximum Gasteiger partial charge on any atom is 0.326 e. The van der Waals surface area contributed by atoms with E-state index in [1.54, 1.807) is 0 Å². The molecule has 8 nitrogen and oxygen atoms in total. The molecule has 20 heavy (non-hydrogen) atoms. The first-order valence-corrected chi connectivity index (χ1v) is 6.27. The van der Waals surface area contributed by atoms with Crippen LogP contribution in [-0.4, -0.2) is 45.9 Å². The molecular formula is C12H20N4O4. The molecule has 0 aromatic carbocycles. The molecule has 0 rings (SSSR count). The Balaban J connectivity index is 4.47. The highest BCUT2D eigenvalue weighted by Gasteiger charge is 2.24. The van der Waals surface area contributed by atoms with Crippen LogP contribution < -0.4 is 11.1 Å². The molecule has 0 saturated carbocycles. The van der Waals surface area contributed by atoms with Crippen LogP contribution >= 0.6 is 0 Å². The Bertz CT molecular complexity index is 416. The minimum absolute atomic E-state index is 0.0969. The number of Topliss-reactive ketones (excluding diaryl/α,β-unsaturated/α-hetero) is 1. The molecule has 0 bridgehead atoms. The maximum absolute atomic E-state index is 11.7. The van der Waals surface area contributed by atoms with Gasteiger partial charge in [-0.25, -0.2) is 4.79 Å². The van der Waals surface area contributed by atoms with Crippen molar-refractivity contribution in [3.63, 3.8) is 0 Å². The quantitative estimate of drug-likeness (QED) is 0.299. The first kappa shape index (κ1) is 17.9. The zero-order valence-electron chi connectivity index (χ0n) is 11.6. The van der Waals surface area contributed by atoms with Crippen LogP contribution in [0.4, 0.5) is 0 Å². The summed E-state index contributed by atoms with van der Waals surface area (Å²) in [6.45, 7) is 3.80. The van der Waals surface area contributed by atoms with Crippen molar-refractivity contribution in [1.82, 2.24) is 5.32 Å². The number of carbonyl (C=O) groups is 3. The van der Waals surface area contributed by atoms with Gasteiger partial charge in [0.2, 0.25) is 11.7 Å². The van der Waals surface area contributed by atoms with Gasteiger partial charge < -0.3 is 21.7 Å². The summed E-state index contributed by atoms with van der Waals surface area (Å²) in [5, 5.41) is 11.3. The van der Waals surface area contributed by atoms with E-state index < -0.39 is 29.7 Å². The SMILES string of the molecule is CC(C)CC(N)C(=O)NC(CCC(=O)C=[N+]=[N-])C(=O)O. The number of nitrogens with zero attached hydrogens (tertiary/aromatic N) is 2. The molecule has 0 spiro atoms. The van der Waals surface area contributed by atoms with Crippen molar-refractivity contribution in [2.45, 2.75) is 45.2 Å². The number of ketones is 1. The van der Waals surface area contributed by atoms with Gasteiger partial charge in [0.1, 0.15) is 6.04 Å². The summed E-state index contributed by atoms with van der Waals surface area (Å²) in [7, 11) is 0. The lowest BCUT2D eigenvalue weighted by atomic mass is 10.0. The molecule has 0 fully saturated rings. The number of carbonyl (C=O) groups excluding carboxylic acids is 2. The van der Waals surface area contributed by atoms with Gasteiger partial charge in [-0.1, -0.05) is 13.8 Å². The number of nitrogens with one attached hydrogen (secondary N) is 1. The van der Waals surface area contributed by atoms with E-state index in [2.05, 4.69) is 10.1 Å². The molecule has 2 atom stereocenters. The summed E-state index contributed by atoms with van der Waals surface area (Å²) in [5.41, 5.74) is 13.8. The van der Waals surface area contributed by atoms with Gasteiger partial charge in [0.25, 0.3) is 0 Å². The van der Waals surface area contributed by atoms with Crippen LogP contribution in [0.5, 0.6) is 0 Å². The van der Waals surface area contributed by atoms with Crippen LogP contribution in [0.25, 0.3) is 5.53 Å². The van der Waals surface area contributed by atoms with Crippen LogP contribution in [0.15, 0.2) is 0 Å². The van der Waals surface area contributed by atoms with Crippen LogP contribution in [0.2, 0.25) is 0 Å². The smallest absolute Gasteiger partial charge is 0.326 e. The molecule has 0 saturated heterocycles. The molecule has 0 aromatic heterocycles. The van der Waals surface area contributed by atoms with Crippen molar-refractivity contribution in [2.75, 3.05) is 0 Å². The van der Waals surface area contributed by atoms with Crippen molar-refractivity contribution in [2.24, 2.45) is 11.7 Å². The number of aliphatic carboxylic acids is 1. The molecule has 0 aliphatic rings. The molecular weight excluding hydrogens is 264 g/mol. The van der Waals surface area contributed by atoms with Crippen molar-refractivity contribution in [3.8, 4) is 0 Å². The topological polar surface area (TPSA) is 146 Å². The first-order chi connectivity index (χ1) is 9.27. The molecule has 0 radical (unpaired) electrons. The van der Waals surface area contributed by atoms with E-state index >= 15 is 0 Å². The lowest BCUT2D eigenvalue weighted by Crippen LogP contribution is -2.49. The van der Waals surface area contributed by atoms with Crippen LogP contribution in [0, 0.1) is 5.92 Å². The average molecular weight is 284 g/mol. The minimum Gasteiger partial charge on any atom is -0.480 e. The predicted molar refractivity (Wildman–Crippen MR) is 70.9 cm³/mol. The van der Waals surface area contributed by atoms with Crippen LogP contribution in [0.1, 0.15) is 33.1 Å². The summed E-state index contributed by atoms with van der Waals surface area (Å²) in [6, 6.07) is -1.98. The zero-order valence-corrected chi connectivity index (χ0v) is 11.6. The summed E-state index contributed by atoms with van der Waals surface area (Å²) in [5.74, 6) is -2.13. The zero-order chi connectivity index (χ0) is 15.7. The number of hydrogen-bond donors (Lipinski definition) is 3. The van der Waals surface area contributed by atoms with Gasteiger partial charge in [0.15, 0.2) is 0 Å². The lowest BCUT2D eigenvalue weighted by Gasteiger charge is -2.18. The molecule has 0 aliphatic carbocycles. The van der Waals surface area contributed by atoms with Gasteiger partial charge in [-0.3, -0.25) is 9.59 Å². The largest absolute Gasteiger partial charge is 0.480 e. The fourth-order valence-electron chi connectivity index (χ4n) is 1.57.